The first kappa shape index (κ1) is 23.4. The first-order valence-electron chi connectivity index (χ1n) is 11.7. The predicted octanol–water partition coefficient (Wildman–Crippen LogP) is 3.13. The van der Waals surface area contributed by atoms with Crippen LogP contribution in [0.5, 0.6) is 0 Å². The minimum absolute atomic E-state index is 0.000456. The molecule has 0 radical (unpaired) electrons. The highest BCUT2D eigenvalue weighted by molar-refractivity contribution is 5.91. The summed E-state index contributed by atoms with van der Waals surface area (Å²) in [6.07, 6.45) is 2.17. The van der Waals surface area contributed by atoms with Crippen molar-refractivity contribution in [2.24, 2.45) is 5.92 Å². The average molecular weight is 453 g/mol. The molecule has 176 valence electrons. The third-order valence-corrected chi connectivity index (χ3v) is 6.40. The van der Waals surface area contributed by atoms with E-state index < -0.39 is 6.10 Å². The second-order valence-electron chi connectivity index (χ2n) is 8.75. The zero-order valence-corrected chi connectivity index (χ0v) is 18.7. The van der Waals surface area contributed by atoms with Gasteiger partial charge in [-0.2, -0.15) is 0 Å². The molecular formula is C26H32N2O5. The molecule has 0 spiro atoms. The number of anilines is 1. The van der Waals surface area contributed by atoms with E-state index in [0.717, 1.165) is 29.7 Å². The number of carbonyl (C=O) groups is 2. The molecule has 3 N–H and O–H groups in total. The minimum atomic E-state index is -0.509. The third-order valence-electron chi connectivity index (χ3n) is 6.40. The van der Waals surface area contributed by atoms with Crippen LogP contribution in [0.4, 0.5) is 5.69 Å². The molecule has 2 fully saturated rings. The lowest BCUT2D eigenvalue weighted by Gasteiger charge is -2.37. The molecule has 7 heteroatoms. The van der Waals surface area contributed by atoms with Crippen LogP contribution >= 0.6 is 0 Å². The van der Waals surface area contributed by atoms with Crippen LogP contribution < -0.4 is 10.6 Å². The number of amides is 2. The molecule has 2 saturated heterocycles. The van der Waals surface area contributed by atoms with Gasteiger partial charge < -0.3 is 25.2 Å². The van der Waals surface area contributed by atoms with Crippen LogP contribution in [0.3, 0.4) is 0 Å². The Hall–Kier alpha value is -2.74. The molecule has 2 aromatic carbocycles. The van der Waals surface area contributed by atoms with Gasteiger partial charge >= 0.3 is 0 Å². The molecule has 2 aliphatic heterocycles. The van der Waals surface area contributed by atoms with Gasteiger partial charge in [-0.25, -0.2) is 0 Å². The highest BCUT2D eigenvalue weighted by atomic mass is 16.5. The first-order chi connectivity index (χ1) is 16.1. The van der Waals surface area contributed by atoms with E-state index in [1.165, 1.54) is 0 Å². The van der Waals surface area contributed by atoms with E-state index in [0.29, 0.717) is 26.1 Å². The van der Waals surface area contributed by atoms with Gasteiger partial charge in [0.25, 0.3) is 0 Å². The summed E-state index contributed by atoms with van der Waals surface area (Å²) in [5.74, 6) is -0.177. The number of hydrogen-bond donors (Lipinski definition) is 3. The molecule has 0 unspecified atom stereocenters. The summed E-state index contributed by atoms with van der Waals surface area (Å²) in [6, 6.07) is 17.6. The normalized spacial score (nSPS) is 23.6. The molecule has 2 aliphatic rings. The van der Waals surface area contributed by atoms with Crippen molar-refractivity contribution in [1.82, 2.24) is 5.32 Å². The molecular weight excluding hydrogens is 420 g/mol. The Balaban J connectivity index is 1.25. The van der Waals surface area contributed by atoms with Crippen molar-refractivity contribution < 1.29 is 24.2 Å². The van der Waals surface area contributed by atoms with Crippen molar-refractivity contribution in [3.05, 3.63) is 54.6 Å². The standard InChI is InChI=1S/C26H32N2O5/c29-17-24-23(28-26(31)20-12-14-32-15-13-20)11-10-22(33-24)16-25(30)27-21-8-6-19(7-9-21)18-4-2-1-3-5-18/h1-9,20,22-24,29H,10-17H2,(H,27,30)(H,28,31)/t22-,23+,24+/m0/s1. The highest BCUT2D eigenvalue weighted by Crippen LogP contribution is 2.25. The van der Waals surface area contributed by atoms with E-state index in [1.807, 2.05) is 54.6 Å². The predicted molar refractivity (Wildman–Crippen MR) is 126 cm³/mol. The summed E-state index contributed by atoms with van der Waals surface area (Å²) < 4.78 is 11.3. The Morgan fingerprint density at radius 1 is 0.909 bits per heavy atom. The number of aliphatic hydroxyl groups is 1. The van der Waals surface area contributed by atoms with Gasteiger partial charge in [-0.15, -0.1) is 0 Å². The number of aliphatic hydroxyl groups excluding tert-OH is 1. The van der Waals surface area contributed by atoms with Gasteiger partial charge in [-0.1, -0.05) is 42.5 Å². The summed E-state index contributed by atoms with van der Waals surface area (Å²) in [4.78, 5) is 25.1. The topological polar surface area (TPSA) is 96.9 Å². The van der Waals surface area contributed by atoms with Crippen LogP contribution in [0.15, 0.2) is 54.6 Å². The van der Waals surface area contributed by atoms with E-state index in [2.05, 4.69) is 10.6 Å². The second-order valence-corrected chi connectivity index (χ2v) is 8.75. The van der Waals surface area contributed by atoms with Crippen LogP contribution in [0.2, 0.25) is 0 Å². The lowest BCUT2D eigenvalue weighted by atomic mass is 9.94. The van der Waals surface area contributed by atoms with Crippen LogP contribution in [-0.2, 0) is 19.1 Å². The van der Waals surface area contributed by atoms with E-state index in [1.54, 1.807) is 0 Å². The van der Waals surface area contributed by atoms with Crippen LogP contribution in [0, 0.1) is 5.92 Å². The number of nitrogens with one attached hydrogen (secondary N) is 2. The van der Waals surface area contributed by atoms with Gasteiger partial charge in [0.1, 0.15) is 6.10 Å². The molecule has 33 heavy (non-hydrogen) atoms. The molecule has 2 heterocycles. The van der Waals surface area contributed by atoms with Crippen molar-refractivity contribution in [3.63, 3.8) is 0 Å². The van der Waals surface area contributed by atoms with Gasteiger partial charge in [0.2, 0.25) is 11.8 Å². The summed E-state index contributed by atoms with van der Waals surface area (Å²) in [5, 5.41) is 15.8. The largest absolute Gasteiger partial charge is 0.394 e. The molecule has 2 amide bonds. The third kappa shape index (κ3) is 6.41. The number of carbonyl (C=O) groups excluding carboxylic acids is 2. The Kier molecular flexibility index (Phi) is 8.10. The van der Waals surface area contributed by atoms with E-state index >= 15 is 0 Å². The van der Waals surface area contributed by atoms with Crippen LogP contribution in [-0.4, -0.2) is 55.0 Å². The van der Waals surface area contributed by atoms with Gasteiger partial charge in [0.05, 0.1) is 25.2 Å². The zero-order chi connectivity index (χ0) is 23.0. The Morgan fingerprint density at radius 2 is 1.61 bits per heavy atom. The van der Waals surface area contributed by atoms with E-state index in [-0.39, 0.29) is 42.9 Å². The summed E-state index contributed by atoms with van der Waals surface area (Å²) in [6.45, 7) is 1.02. The fourth-order valence-corrected chi connectivity index (χ4v) is 4.50. The van der Waals surface area contributed by atoms with Gasteiger partial charge in [0.15, 0.2) is 0 Å². The Labute approximate surface area is 194 Å². The summed E-state index contributed by atoms with van der Waals surface area (Å²) >= 11 is 0. The SMILES string of the molecule is O=C(C[C@@H]1CC[C@@H](NC(=O)C2CCOCC2)[C@@H](CO)O1)Nc1ccc(-c2ccccc2)cc1. The fourth-order valence-electron chi connectivity index (χ4n) is 4.50. The first-order valence-corrected chi connectivity index (χ1v) is 11.7. The molecule has 0 aliphatic carbocycles. The number of benzene rings is 2. The number of ether oxygens (including phenoxy) is 2. The average Bonchev–Trinajstić information content (AvgIpc) is 2.86. The number of hydrogen-bond acceptors (Lipinski definition) is 5. The fraction of sp³-hybridized carbons (Fsp3) is 0.462. The quantitative estimate of drug-likeness (QED) is 0.600. The van der Waals surface area contributed by atoms with Crippen LogP contribution in [0.25, 0.3) is 11.1 Å². The number of rotatable bonds is 7. The van der Waals surface area contributed by atoms with Crippen molar-refractivity contribution >= 4 is 17.5 Å². The van der Waals surface area contributed by atoms with Crippen LogP contribution in [0.1, 0.15) is 32.1 Å². The van der Waals surface area contributed by atoms with Crippen molar-refractivity contribution in [2.75, 3.05) is 25.1 Å². The van der Waals surface area contributed by atoms with Crippen molar-refractivity contribution in [2.45, 2.75) is 50.4 Å². The molecule has 2 aromatic rings. The van der Waals surface area contributed by atoms with Crippen molar-refractivity contribution in [3.8, 4) is 11.1 Å². The monoisotopic (exact) mass is 452 g/mol. The Bertz CT molecular complexity index is 912. The second kappa shape index (κ2) is 11.4. The lowest BCUT2D eigenvalue weighted by molar-refractivity contribution is -0.137. The van der Waals surface area contributed by atoms with E-state index in [9.17, 15) is 14.7 Å². The molecule has 7 nitrogen and oxygen atoms in total. The maximum atomic E-state index is 12.6. The highest BCUT2D eigenvalue weighted by Gasteiger charge is 2.34. The zero-order valence-electron chi connectivity index (χ0n) is 18.7. The maximum absolute atomic E-state index is 12.6. The van der Waals surface area contributed by atoms with Gasteiger partial charge in [-0.05, 0) is 48.9 Å². The Morgan fingerprint density at radius 3 is 2.30 bits per heavy atom. The van der Waals surface area contributed by atoms with E-state index in [4.69, 9.17) is 9.47 Å². The maximum Gasteiger partial charge on any atom is 0.226 e. The smallest absolute Gasteiger partial charge is 0.226 e. The molecule has 4 rings (SSSR count). The van der Waals surface area contributed by atoms with Gasteiger partial charge in [0, 0.05) is 24.8 Å². The minimum Gasteiger partial charge on any atom is -0.394 e. The summed E-state index contributed by atoms with van der Waals surface area (Å²) in [7, 11) is 0. The molecule has 3 atom stereocenters. The molecule has 0 saturated carbocycles. The summed E-state index contributed by atoms with van der Waals surface area (Å²) in [5.41, 5.74) is 2.94. The molecule has 0 aromatic heterocycles. The van der Waals surface area contributed by atoms with Crippen molar-refractivity contribution in [1.29, 1.82) is 0 Å². The molecule has 0 bridgehead atoms. The lowest BCUT2D eigenvalue weighted by Crippen LogP contribution is -2.52. The van der Waals surface area contributed by atoms with Gasteiger partial charge in [-0.3, -0.25) is 9.59 Å².